The summed E-state index contributed by atoms with van der Waals surface area (Å²) in [5, 5.41) is 13.8. The number of amides is 2. The lowest BCUT2D eigenvalue weighted by Gasteiger charge is -2.37. The van der Waals surface area contributed by atoms with Crippen LogP contribution >= 0.6 is 0 Å². The minimum atomic E-state index is -1.42. The third-order valence-electron chi connectivity index (χ3n) is 10.1. The summed E-state index contributed by atoms with van der Waals surface area (Å²) in [6.45, 7) is 8.54. The van der Waals surface area contributed by atoms with E-state index in [0.717, 1.165) is 47.2 Å². The number of hydrogen-bond acceptors (Lipinski definition) is 5. The van der Waals surface area contributed by atoms with Gasteiger partial charge in [-0.15, -0.1) is 0 Å². The number of aromatic nitrogens is 2. The van der Waals surface area contributed by atoms with E-state index < -0.39 is 5.67 Å². The van der Waals surface area contributed by atoms with Crippen LogP contribution in [0.4, 0.5) is 4.39 Å². The average molecular weight is 553 g/mol. The molecule has 3 atom stereocenters. The fraction of sp³-hybridized carbons (Fsp3) is 0.645. The molecule has 3 heterocycles. The van der Waals surface area contributed by atoms with Crippen molar-refractivity contribution >= 4 is 11.8 Å². The van der Waals surface area contributed by atoms with Crippen molar-refractivity contribution in [1.82, 2.24) is 19.6 Å². The number of aliphatic hydroxyl groups is 1. The van der Waals surface area contributed by atoms with Gasteiger partial charge in [0.1, 0.15) is 12.2 Å². The van der Waals surface area contributed by atoms with Crippen LogP contribution in [0, 0.1) is 25.7 Å². The first-order valence-electron chi connectivity index (χ1n) is 14.9. The van der Waals surface area contributed by atoms with Crippen LogP contribution in [0.3, 0.4) is 0 Å². The summed E-state index contributed by atoms with van der Waals surface area (Å²) in [6.07, 6.45) is 2.96. The van der Waals surface area contributed by atoms with Crippen LogP contribution in [0.5, 0.6) is 0 Å². The third-order valence-corrected chi connectivity index (χ3v) is 10.1. The van der Waals surface area contributed by atoms with E-state index in [9.17, 15) is 9.59 Å². The Hall–Kier alpha value is -2.78. The summed E-state index contributed by atoms with van der Waals surface area (Å²) in [4.78, 5) is 30.7. The van der Waals surface area contributed by atoms with Crippen molar-refractivity contribution in [2.24, 2.45) is 11.8 Å². The summed E-state index contributed by atoms with van der Waals surface area (Å²) in [7, 11) is 0. The van der Waals surface area contributed by atoms with E-state index in [-0.39, 0.29) is 43.9 Å². The van der Waals surface area contributed by atoms with Crippen LogP contribution in [0.1, 0.15) is 77.0 Å². The monoisotopic (exact) mass is 552 g/mol. The molecule has 0 radical (unpaired) electrons. The first-order valence-corrected chi connectivity index (χ1v) is 14.9. The van der Waals surface area contributed by atoms with Crippen LogP contribution in [-0.4, -0.2) is 82.0 Å². The van der Waals surface area contributed by atoms with Crippen LogP contribution in [0.2, 0.25) is 0 Å². The van der Waals surface area contributed by atoms with E-state index in [1.54, 1.807) is 9.58 Å². The summed E-state index contributed by atoms with van der Waals surface area (Å²) < 4.78 is 23.4. The smallest absolute Gasteiger partial charge is 0.274 e. The number of aliphatic hydroxyl groups excluding tert-OH is 1. The van der Waals surface area contributed by atoms with Crippen molar-refractivity contribution < 1.29 is 23.8 Å². The first kappa shape index (κ1) is 27.4. The summed E-state index contributed by atoms with van der Waals surface area (Å²) in [5.74, 6) is 1.29. The maximum atomic E-state index is 16.0. The molecule has 2 aliphatic heterocycles. The van der Waals surface area contributed by atoms with Crippen molar-refractivity contribution in [3.05, 3.63) is 51.8 Å². The zero-order valence-electron chi connectivity index (χ0n) is 23.9. The highest BCUT2D eigenvalue weighted by Crippen LogP contribution is 2.62. The first-order chi connectivity index (χ1) is 19.2. The van der Waals surface area contributed by atoms with E-state index in [4.69, 9.17) is 14.9 Å². The fourth-order valence-electron chi connectivity index (χ4n) is 7.36. The Morgan fingerprint density at radius 1 is 1.12 bits per heavy atom. The summed E-state index contributed by atoms with van der Waals surface area (Å²) in [6, 6.07) is 5.79. The van der Waals surface area contributed by atoms with E-state index in [0.29, 0.717) is 56.2 Å². The predicted molar refractivity (Wildman–Crippen MR) is 148 cm³/mol. The normalized spacial score (nSPS) is 25.6. The quantitative estimate of drug-likeness (QED) is 0.568. The number of carbonyl (C=O) groups excluding carboxylic acids is 2. The molecule has 216 valence electrons. The second-order valence-corrected chi connectivity index (χ2v) is 12.3. The number of rotatable bonds is 7. The molecule has 6 rings (SSSR count). The number of halogens is 1. The average Bonchev–Trinajstić information content (AvgIpc) is 3.25. The fourth-order valence-corrected chi connectivity index (χ4v) is 7.36. The van der Waals surface area contributed by atoms with Gasteiger partial charge in [-0.05, 0) is 67.6 Å². The molecule has 0 spiro atoms. The molecule has 9 heteroatoms. The molecule has 1 saturated carbocycles. The van der Waals surface area contributed by atoms with E-state index in [1.807, 2.05) is 36.9 Å². The van der Waals surface area contributed by atoms with Crippen molar-refractivity contribution in [2.45, 2.75) is 77.1 Å². The molecule has 0 unspecified atom stereocenters. The SMILES string of the molecule is Cc1cccc(C2(F)CCN(C(=O)Cn3nc(C(=O)N4CCC(OCCO)CC4)c4c3C[C@H]3[C@@H](C)[C@@H]43)CC2)c1C. The number of benzene rings is 1. The molecule has 0 bridgehead atoms. The topological polar surface area (TPSA) is 87.9 Å². The van der Waals surface area contributed by atoms with E-state index >= 15 is 4.39 Å². The van der Waals surface area contributed by atoms with Gasteiger partial charge in [0, 0.05) is 50.3 Å². The number of nitrogens with zero attached hydrogens (tertiary/aromatic N) is 4. The molecule has 4 aliphatic rings. The van der Waals surface area contributed by atoms with Gasteiger partial charge in [0.15, 0.2) is 5.69 Å². The second-order valence-electron chi connectivity index (χ2n) is 12.3. The third kappa shape index (κ3) is 4.75. The van der Waals surface area contributed by atoms with Gasteiger partial charge >= 0.3 is 0 Å². The highest BCUT2D eigenvalue weighted by Gasteiger charge is 2.56. The van der Waals surface area contributed by atoms with Crippen LogP contribution in [0.15, 0.2) is 18.2 Å². The lowest BCUT2D eigenvalue weighted by atomic mass is 9.82. The summed E-state index contributed by atoms with van der Waals surface area (Å²) in [5.41, 5.74) is 3.97. The lowest BCUT2D eigenvalue weighted by Crippen LogP contribution is -2.45. The molecule has 2 saturated heterocycles. The van der Waals surface area contributed by atoms with Crippen molar-refractivity contribution in [3.8, 4) is 0 Å². The number of carbonyl (C=O) groups is 2. The van der Waals surface area contributed by atoms with Crippen LogP contribution in [0.25, 0.3) is 0 Å². The standard InChI is InChI=1S/C31H41FN4O4/c1-19-5-4-6-24(20(19)2)31(32)9-13-34(14-10-31)26(38)18-36-25-17-23-21(3)27(23)28(25)29(33-36)30(39)35-11-7-22(8-12-35)40-16-15-37/h4-6,21-23,27,37H,7-18H2,1-3H3/t21-,23+,27-/m1/s1. The predicted octanol–water partition coefficient (Wildman–Crippen LogP) is 3.51. The largest absolute Gasteiger partial charge is 0.394 e. The van der Waals surface area contributed by atoms with Gasteiger partial charge in [0.05, 0.1) is 19.3 Å². The molecule has 3 fully saturated rings. The Morgan fingerprint density at radius 2 is 1.85 bits per heavy atom. The molecule has 1 aromatic heterocycles. The molecular formula is C31H41FN4O4. The molecule has 1 N–H and O–H groups in total. The van der Waals surface area contributed by atoms with E-state index in [2.05, 4.69) is 6.92 Å². The Morgan fingerprint density at radius 3 is 2.55 bits per heavy atom. The molecule has 40 heavy (non-hydrogen) atoms. The second kappa shape index (κ2) is 10.6. The van der Waals surface area contributed by atoms with Crippen molar-refractivity contribution in [1.29, 1.82) is 0 Å². The minimum absolute atomic E-state index is 0.000644. The van der Waals surface area contributed by atoms with E-state index in [1.165, 1.54) is 0 Å². The lowest BCUT2D eigenvalue weighted by molar-refractivity contribution is -0.134. The van der Waals surface area contributed by atoms with Gasteiger partial charge in [0.2, 0.25) is 5.91 Å². The molecule has 2 amide bonds. The number of aryl methyl sites for hydroxylation is 1. The highest BCUT2D eigenvalue weighted by atomic mass is 19.1. The Kier molecular flexibility index (Phi) is 7.23. The van der Waals surface area contributed by atoms with Gasteiger partial charge in [0.25, 0.3) is 5.91 Å². The molecule has 2 aromatic rings. The van der Waals surface area contributed by atoms with Gasteiger partial charge in [-0.1, -0.05) is 25.1 Å². The number of ether oxygens (including phenoxy) is 1. The number of piperidine rings is 2. The zero-order chi connectivity index (χ0) is 28.2. The minimum Gasteiger partial charge on any atom is -0.394 e. The maximum Gasteiger partial charge on any atom is 0.274 e. The number of fused-ring (bicyclic) bond motifs is 3. The van der Waals surface area contributed by atoms with Gasteiger partial charge in [-0.3, -0.25) is 14.3 Å². The van der Waals surface area contributed by atoms with Crippen molar-refractivity contribution in [3.63, 3.8) is 0 Å². The van der Waals surface area contributed by atoms with Crippen LogP contribution < -0.4 is 0 Å². The number of likely N-dealkylation sites (tertiary alicyclic amines) is 2. The van der Waals surface area contributed by atoms with Crippen LogP contribution in [-0.2, 0) is 28.2 Å². The Labute approximate surface area is 235 Å². The number of hydrogen-bond donors (Lipinski definition) is 1. The highest BCUT2D eigenvalue weighted by molar-refractivity contribution is 5.95. The summed E-state index contributed by atoms with van der Waals surface area (Å²) >= 11 is 0. The molecular weight excluding hydrogens is 511 g/mol. The molecule has 1 aromatic carbocycles. The Bertz CT molecular complexity index is 1290. The molecule has 8 nitrogen and oxygen atoms in total. The van der Waals surface area contributed by atoms with Gasteiger partial charge < -0.3 is 19.6 Å². The maximum absolute atomic E-state index is 16.0. The van der Waals surface area contributed by atoms with Gasteiger partial charge in [-0.25, -0.2) is 4.39 Å². The van der Waals surface area contributed by atoms with Crippen molar-refractivity contribution in [2.75, 3.05) is 39.4 Å². The number of alkyl halides is 1. The zero-order valence-corrected chi connectivity index (χ0v) is 23.9. The molecule has 2 aliphatic carbocycles. The van der Waals surface area contributed by atoms with Gasteiger partial charge in [-0.2, -0.15) is 5.10 Å². The Balaban J connectivity index is 1.14.